The van der Waals surface area contributed by atoms with Crippen molar-refractivity contribution in [3.63, 3.8) is 0 Å². The van der Waals surface area contributed by atoms with Gasteiger partial charge in [-0.3, -0.25) is 0 Å². The first-order valence-electron chi connectivity index (χ1n) is 6.59. The van der Waals surface area contributed by atoms with Gasteiger partial charge in [0.15, 0.2) is 0 Å². The fourth-order valence-corrected chi connectivity index (χ4v) is 2.79. The lowest BCUT2D eigenvalue weighted by Crippen LogP contribution is -2.16. The highest BCUT2D eigenvalue weighted by atomic mass is 16.5. The summed E-state index contributed by atoms with van der Waals surface area (Å²) in [5.41, 5.74) is 3.99. The molecule has 1 aromatic carbocycles. The van der Waals surface area contributed by atoms with Gasteiger partial charge in [0.1, 0.15) is 5.75 Å². The van der Waals surface area contributed by atoms with Crippen molar-refractivity contribution < 1.29 is 4.74 Å². The van der Waals surface area contributed by atoms with Gasteiger partial charge in [-0.25, -0.2) is 0 Å². The summed E-state index contributed by atoms with van der Waals surface area (Å²) >= 11 is 0. The summed E-state index contributed by atoms with van der Waals surface area (Å²) < 4.78 is 5.81. The summed E-state index contributed by atoms with van der Waals surface area (Å²) in [6, 6.07) is 4.88. The van der Waals surface area contributed by atoms with E-state index >= 15 is 0 Å². The zero-order chi connectivity index (χ0) is 12.4. The average molecular weight is 233 g/mol. The molecule has 0 amide bonds. The number of benzene rings is 1. The second-order valence-electron chi connectivity index (χ2n) is 5.23. The maximum absolute atomic E-state index is 5.81. The zero-order valence-electron chi connectivity index (χ0n) is 11.3. The van der Waals surface area contributed by atoms with Gasteiger partial charge in [0, 0.05) is 11.6 Å². The van der Waals surface area contributed by atoms with E-state index in [1.54, 1.807) is 0 Å². The lowest BCUT2D eigenvalue weighted by Gasteiger charge is -2.19. The fourth-order valence-electron chi connectivity index (χ4n) is 2.79. The van der Waals surface area contributed by atoms with Crippen LogP contribution in [0.4, 0.5) is 0 Å². The van der Waals surface area contributed by atoms with Crippen LogP contribution in [0.2, 0.25) is 0 Å². The number of hydrogen-bond donors (Lipinski definition) is 1. The van der Waals surface area contributed by atoms with Crippen molar-refractivity contribution in [3.8, 4) is 5.75 Å². The molecule has 94 valence electrons. The van der Waals surface area contributed by atoms with Gasteiger partial charge in [-0.2, -0.15) is 0 Å². The number of ether oxygens (including phenoxy) is 1. The predicted octanol–water partition coefficient (Wildman–Crippen LogP) is 3.37. The third-order valence-electron chi connectivity index (χ3n) is 3.49. The molecule has 1 fully saturated rings. The van der Waals surface area contributed by atoms with Crippen molar-refractivity contribution in [2.24, 2.45) is 5.92 Å². The average Bonchev–Trinajstić information content (AvgIpc) is 2.64. The Labute approximate surface area is 104 Å². The van der Waals surface area contributed by atoms with Crippen LogP contribution in [-0.2, 0) is 0 Å². The minimum Gasteiger partial charge on any atom is -0.494 e. The number of aryl methyl sites for hydroxylation is 2. The molecule has 1 aliphatic heterocycles. The van der Waals surface area contributed by atoms with Crippen molar-refractivity contribution in [2.45, 2.75) is 40.2 Å². The van der Waals surface area contributed by atoms with E-state index in [1.165, 1.54) is 23.1 Å². The third kappa shape index (κ3) is 2.63. The first-order chi connectivity index (χ1) is 8.11. The normalized spacial score (nSPS) is 24.0. The Hall–Kier alpha value is -1.02. The molecular formula is C15H23NO. The molecule has 0 aromatic heterocycles. The molecule has 2 unspecified atom stereocenters. The lowest BCUT2D eigenvalue weighted by atomic mass is 9.95. The van der Waals surface area contributed by atoms with E-state index in [1.807, 2.05) is 6.92 Å². The van der Waals surface area contributed by atoms with Gasteiger partial charge >= 0.3 is 0 Å². The molecule has 1 heterocycles. The van der Waals surface area contributed by atoms with Crippen molar-refractivity contribution in [2.75, 3.05) is 13.2 Å². The smallest absolute Gasteiger partial charge is 0.124 e. The molecule has 0 aliphatic carbocycles. The van der Waals surface area contributed by atoms with Crippen molar-refractivity contribution in [3.05, 3.63) is 28.8 Å². The molecule has 2 rings (SSSR count). The second kappa shape index (κ2) is 5.09. The third-order valence-corrected chi connectivity index (χ3v) is 3.49. The summed E-state index contributed by atoms with van der Waals surface area (Å²) in [5.74, 6) is 1.83. The van der Waals surface area contributed by atoms with Crippen LogP contribution in [0.25, 0.3) is 0 Å². The standard InChI is InChI=1S/C15H23NO/c1-5-17-14-8-10(2)6-12(4)15(14)13-7-11(3)9-16-13/h6,8,11,13,16H,5,7,9H2,1-4H3. The van der Waals surface area contributed by atoms with Crippen LogP contribution >= 0.6 is 0 Å². The van der Waals surface area contributed by atoms with E-state index in [9.17, 15) is 0 Å². The van der Waals surface area contributed by atoms with Crippen molar-refractivity contribution >= 4 is 0 Å². The van der Waals surface area contributed by atoms with Gasteiger partial charge in [0.2, 0.25) is 0 Å². The molecule has 1 aromatic rings. The summed E-state index contributed by atoms with van der Waals surface area (Å²) in [5, 5.41) is 3.60. The van der Waals surface area contributed by atoms with Crippen LogP contribution in [0, 0.1) is 19.8 Å². The first kappa shape index (κ1) is 12.4. The summed E-state index contributed by atoms with van der Waals surface area (Å²) in [7, 11) is 0. The van der Waals surface area contributed by atoms with E-state index in [0.717, 1.165) is 24.8 Å². The topological polar surface area (TPSA) is 21.3 Å². The van der Waals surface area contributed by atoms with E-state index in [4.69, 9.17) is 4.74 Å². The van der Waals surface area contributed by atoms with E-state index in [2.05, 4.69) is 38.2 Å². The molecule has 0 saturated carbocycles. The molecule has 1 aliphatic rings. The molecule has 2 nitrogen and oxygen atoms in total. The van der Waals surface area contributed by atoms with E-state index < -0.39 is 0 Å². The van der Waals surface area contributed by atoms with E-state index in [0.29, 0.717) is 6.04 Å². The maximum Gasteiger partial charge on any atom is 0.124 e. The zero-order valence-corrected chi connectivity index (χ0v) is 11.3. The highest BCUT2D eigenvalue weighted by Gasteiger charge is 2.26. The number of nitrogens with one attached hydrogen (secondary N) is 1. The Balaban J connectivity index is 2.36. The Morgan fingerprint density at radius 3 is 2.71 bits per heavy atom. The van der Waals surface area contributed by atoms with Crippen LogP contribution in [-0.4, -0.2) is 13.2 Å². The monoisotopic (exact) mass is 233 g/mol. The van der Waals surface area contributed by atoms with Crippen molar-refractivity contribution in [1.82, 2.24) is 5.32 Å². The number of hydrogen-bond acceptors (Lipinski definition) is 2. The Morgan fingerprint density at radius 2 is 2.12 bits per heavy atom. The molecular weight excluding hydrogens is 210 g/mol. The quantitative estimate of drug-likeness (QED) is 0.864. The van der Waals surface area contributed by atoms with Crippen LogP contribution < -0.4 is 10.1 Å². The Bertz CT molecular complexity index is 400. The largest absolute Gasteiger partial charge is 0.494 e. The van der Waals surface area contributed by atoms with Crippen molar-refractivity contribution in [1.29, 1.82) is 0 Å². The van der Waals surface area contributed by atoms with Gasteiger partial charge in [-0.05, 0) is 56.8 Å². The lowest BCUT2D eigenvalue weighted by molar-refractivity contribution is 0.332. The molecule has 17 heavy (non-hydrogen) atoms. The minimum atomic E-state index is 0.465. The van der Waals surface area contributed by atoms with Gasteiger partial charge in [-0.1, -0.05) is 13.0 Å². The summed E-state index contributed by atoms with van der Waals surface area (Å²) in [4.78, 5) is 0. The van der Waals surface area contributed by atoms with Gasteiger partial charge in [0.05, 0.1) is 6.61 Å². The van der Waals surface area contributed by atoms with Crippen LogP contribution in [0.1, 0.15) is 43.0 Å². The molecule has 0 spiro atoms. The SMILES string of the molecule is CCOc1cc(C)cc(C)c1C1CC(C)CN1. The van der Waals surface area contributed by atoms with Crippen LogP contribution in [0.5, 0.6) is 5.75 Å². The summed E-state index contributed by atoms with van der Waals surface area (Å²) in [6.45, 7) is 10.5. The molecule has 1 N–H and O–H groups in total. The van der Waals surface area contributed by atoms with Crippen LogP contribution in [0.3, 0.4) is 0 Å². The minimum absolute atomic E-state index is 0.465. The Morgan fingerprint density at radius 1 is 1.35 bits per heavy atom. The van der Waals surface area contributed by atoms with Gasteiger partial charge in [-0.15, -0.1) is 0 Å². The molecule has 1 saturated heterocycles. The predicted molar refractivity (Wildman–Crippen MR) is 71.6 cm³/mol. The van der Waals surface area contributed by atoms with E-state index in [-0.39, 0.29) is 0 Å². The van der Waals surface area contributed by atoms with Crippen LogP contribution in [0.15, 0.2) is 12.1 Å². The highest BCUT2D eigenvalue weighted by Crippen LogP contribution is 2.36. The first-order valence-corrected chi connectivity index (χ1v) is 6.59. The fraction of sp³-hybridized carbons (Fsp3) is 0.600. The Kier molecular flexibility index (Phi) is 3.72. The molecule has 2 heteroatoms. The molecule has 2 atom stereocenters. The molecule has 0 bridgehead atoms. The second-order valence-corrected chi connectivity index (χ2v) is 5.23. The molecule has 0 radical (unpaired) electrons. The summed E-state index contributed by atoms with van der Waals surface area (Å²) in [6.07, 6.45) is 1.21. The van der Waals surface area contributed by atoms with Gasteiger partial charge in [0.25, 0.3) is 0 Å². The number of rotatable bonds is 3. The maximum atomic E-state index is 5.81. The van der Waals surface area contributed by atoms with Gasteiger partial charge < -0.3 is 10.1 Å². The highest BCUT2D eigenvalue weighted by molar-refractivity contribution is 5.45.